The van der Waals surface area contributed by atoms with Gasteiger partial charge in [-0.1, -0.05) is 48.5 Å². The van der Waals surface area contributed by atoms with E-state index in [2.05, 4.69) is 20.8 Å². The van der Waals surface area contributed by atoms with Crippen LogP contribution in [0.2, 0.25) is 0 Å². The van der Waals surface area contributed by atoms with Crippen LogP contribution in [0.25, 0.3) is 16.5 Å². The van der Waals surface area contributed by atoms with Crippen LogP contribution in [0.1, 0.15) is 17.4 Å². The lowest BCUT2D eigenvalue weighted by Crippen LogP contribution is -2.30. The van der Waals surface area contributed by atoms with E-state index in [1.807, 2.05) is 48.5 Å². The fraction of sp³-hybridized carbons (Fsp3) is 0.0952. The lowest BCUT2D eigenvalue weighted by Gasteiger charge is -2.15. The minimum Gasteiger partial charge on any atom is -0.321 e. The maximum Gasteiger partial charge on any atom is 0.329 e. The van der Waals surface area contributed by atoms with Crippen LogP contribution < -0.4 is 10.2 Å². The van der Waals surface area contributed by atoms with Crippen molar-refractivity contribution in [3.8, 4) is 5.69 Å². The molecule has 1 atom stereocenters. The SMILES string of the molecule is Cc1nnnn1-c1cccc(N2C(=O)NC(c3cccc4ccccc34)C2=O)c1. The van der Waals surface area contributed by atoms with E-state index in [1.165, 1.54) is 0 Å². The summed E-state index contributed by atoms with van der Waals surface area (Å²) in [7, 11) is 0. The number of fused-ring (bicyclic) bond motifs is 1. The number of benzene rings is 3. The zero-order valence-corrected chi connectivity index (χ0v) is 15.5. The molecule has 0 radical (unpaired) electrons. The predicted molar refractivity (Wildman–Crippen MR) is 107 cm³/mol. The molecule has 0 bridgehead atoms. The van der Waals surface area contributed by atoms with Gasteiger partial charge < -0.3 is 5.32 Å². The molecule has 0 saturated carbocycles. The Bertz CT molecular complexity index is 1260. The number of amides is 3. The van der Waals surface area contributed by atoms with Crippen molar-refractivity contribution in [3.63, 3.8) is 0 Å². The standard InChI is InChI=1S/C21H16N6O2/c1-13-23-24-25-27(13)16-9-5-8-15(12-16)26-20(28)19(22-21(26)29)18-11-4-7-14-6-2-3-10-17(14)18/h2-12,19H,1H3,(H,22,29). The summed E-state index contributed by atoms with van der Waals surface area (Å²) in [6.45, 7) is 1.77. The second-order valence-corrected chi connectivity index (χ2v) is 6.78. The molecule has 3 aromatic carbocycles. The highest BCUT2D eigenvalue weighted by molar-refractivity contribution is 6.22. The number of aromatic nitrogens is 4. The van der Waals surface area contributed by atoms with Crippen LogP contribution in [0.4, 0.5) is 10.5 Å². The van der Waals surface area contributed by atoms with E-state index < -0.39 is 12.1 Å². The number of nitrogens with zero attached hydrogens (tertiary/aromatic N) is 5. The van der Waals surface area contributed by atoms with Gasteiger partial charge in [-0.3, -0.25) is 4.79 Å². The number of carbonyl (C=O) groups is 2. The van der Waals surface area contributed by atoms with Crippen molar-refractivity contribution in [1.29, 1.82) is 0 Å². The minimum absolute atomic E-state index is 0.322. The maximum absolute atomic E-state index is 13.2. The molecule has 1 saturated heterocycles. The smallest absolute Gasteiger partial charge is 0.321 e. The molecule has 29 heavy (non-hydrogen) atoms. The molecule has 2 heterocycles. The van der Waals surface area contributed by atoms with Crippen molar-refractivity contribution in [1.82, 2.24) is 25.5 Å². The van der Waals surface area contributed by atoms with Crippen molar-refractivity contribution >= 4 is 28.4 Å². The quantitative estimate of drug-likeness (QED) is 0.548. The van der Waals surface area contributed by atoms with E-state index in [-0.39, 0.29) is 5.91 Å². The summed E-state index contributed by atoms with van der Waals surface area (Å²) < 4.78 is 1.55. The third-order valence-corrected chi connectivity index (χ3v) is 5.03. The predicted octanol–water partition coefficient (Wildman–Crippen LogP) is 2.92. The van der Waals surface area contributed by atoms with E-state index in [4.69, 9.17) is 0 Å². The fourth-order valence-corrected chi connectivity index (χ4v) is 3.67. The molecule has 5 rings (SSSR count). The first-order chi connectivity index (χ1) is 14.1. The van der Waals surface area contributed by atoms with Crippen LogP contribution in [0, 0.1) is 6.92 Å². The first-order valence-corrected chi connectivity index (χ1v) is 9.11. The van der Waals surface area contributed by atoms with Crippen molar-refractivity contribution in [2.24, 2.45) is 0 Å². The van der Waals surface area contributed by atoms with Gasteiger partial charge >= 0.3 is 6.03 Å². The number of carbonyl (C=O) groups excluding carboxylic acids is 2. The summed E-state index contributed by atoms with van der Waals surface area (Å²) in [6.07, 6.45) is 0. The molecule has 3 amide bonds. The number of nitrogens with one attached hydrogen (secondary N) is 1. The molecule has 1 aliphatic heterocycles. The maximum atomic E-state index is 13.2. The number of tetrazole rings is 1. The average molecular weight is 384 g/mol. The Balaban J connectivity index is 1.54. The van der Waals surface area contributed by atoms with Gasteiger partial charge in [-0.15, -0.1) is 5.10 Å². The number of imide groups is 1. The summed E-state index contributed by atoms with van der Waals surface area (Å²) >= 11 is 0. The van der Waals surface area contributed by atoms with Crippen LogP contribution in [-0.4, -0.2) is 32.1 Å². The van der Waals surface area contributed by atoms with E-state index >= 15 is 0 Å². The lowest BCUT2D eigenvalue weighted by atomic mass is 9.98. The highest BCUT2D eigenvalue weighted by atomic mass is 16.2. The lowest BCUT2D eigenvalue weighted by molar-refractivity contribution is -0.118. The van der Waals surface area contributed by atoms with Crippen LogP contribution >= 0.6 is 0 Å². The third kappa shape index (κ3) is 2.73. The number of anilines is 1. The zero-order valence-electron chi connectivity index (χ0n) is 15.5. The molecule has 4 aromatic rings. The molecular formula is C21H16N6O2. The molecule has 8 nitrogen and oxygen atoms in total. The molecule has 1 aromatic heterocycles. The fourth-order valence-electron chi connectivity index (χ4n) is 3.67. The molecule has 8 heteroatoms. The molecule has 142 valence electrons. The summed E-state index contributed by atoms with van der Waals surface area (Å²) in [5, 5.41) is 16.2. The molecule has 0 aliphatic carbocycles. The van der Waals surface area contributed by atoms with Crippen molar-refractivity contribution in [2.45, 2.75) is 13.0 Å². The second-order valence-electron chi connectivity index (χ2n) is 6.78. The first-order valence-electron chi connectivity index (χ1n) is 9.11. The Kier molecular flexibility index (Phi) is 3.83. The first kappa shape index (κ1) is 17.1. The molecule has 1 N–H and O–H groups in total. The molecule has 1 fully saturated rings. The summed E-state index contributed by atoms with van der Waals surface area (Å²) in [6, 6.07) is 19.3. The van der Waals surface area contributed by atoms with E-state index in [9.17, 15) is 9.59 Å². The minimum atomic E-state index is -0.743. The molecular weight excluding hydrogens is 368 g/mol. The summed E-state index contributed by atoms with van der Waals surface area (Å²) in [5.41, 5.74) is 1.90. The third-order valence-electron chi connectivity index (χ3n) is 5.03. The molecule has 1 aliphatic rings. The van der Waals surface area contributed by atoms with Crippen molar-refractivity contribution in [2.75, 3.05) is 4.90 Å². The zero-order chi connectivity index (χ0) is 20.0. The molecule has 0 spiro atoms. The number of rotatable bonds is 3. The van der Waals surface area contributed by atoms with Gasteiger partial charge in [0.05, 0.1) is 11.4 Å². The number of aryl methyl sites for hydroxylation is 1. The van der Waals surface area contributed by atoms with Gasteiger partial charge in [-0.05, 0) is 51.9 Å². The molecule has 1 unspecified atom stereocenters. The normalized spacial score (nSPS) is 16.4. The highest BCUT2D eigenvalue weighted by Gasteiger charge is 2.40. The highest BCUT2D eigenvalue weighted by Crippen LogP contribution is 2.31. The Hall–Kier alpha value is -4.07. The largest absolute Gasteiger partial charge is 0.329 e. The van der Waals surface area contributed by atoms with E-state index in [1.54, 1.807) is 29.8 Å². The van der Waals surface area contributed by atoms with Gasteiger partial charge in [0.1, 0.15) is 6.04 Å². The van der Waals surface area contributed by atoms with Gasteiger partial charge in [0.2, 0.25) is 0 Å². The van der Waals surface area contributed by atoms with Gasteiger partial charge in [0.25, 0.3) is 5.91 Å². The Labute approximate surface area is 165 Å². The Morgan fingerprint density at radius 1 is 0.931 bits per heavy atom. The van der Waals surface area contributed by atoms with Crippen molar-refractivity contribution < 1.29 is 9.59 Å². The van der Waals surface area contributed by atoms with Crippen LogP contribution in [0.3, 0.4) is 0 Å². The van der Waals surface area contributed by atoms with E-state index in [0.717, 1.165) is 21.2 Å². The Morgan fingerprint density at radius 3 is 2.52 bits per heavy atom. The van der Waals surface area contributed by atoms with E-state index in [0.29, 0.717) is 17.2 Å². The van der Waals surface area contributed by atoms with Crippen molar-refractivity contribution in [3.05, 3.63) is 78.1 Å². The average Bonchev–Trinajstić information content (AvgIpc) is 3.30. The van der Waals surface area contributed by atoms with Crippen LogP contribution in [0.15, 0.2) is 66.7 Å². The second kappa shape index (κ2) is 6.52. The van der Waals surface area contributed by atoms with Crippen LogP contribution in [0.5, 0.6) is 0 Å². The number of hydrogen-bond donors (Lipinski definition) is 1. The van der Waals surface area contributed by atoms with Gasteiger partial charge in [-0.25, -0.2) is 9.69 Å². The number of hydrogen-bond acceptors (Lipinski definition) is 5. The monoisotopic (exact) mass is 384 g/mol. The topological polar surface area (TPSA) is 93.0 Å². The number of urea groups is 1. The van der Waals surface area contributed by atoms with Crippen LogP contribution in [-0.2, 0) is 4.79 Å². The summed E-state index contributed by atoms with van der Waals surface area (Å²) in [4.78, 5) is 27.1. The van der Waals surface area contributed by atoms with Gasteiger partial charge in [0.15, 0.2) is 5.82 Å². The summed E-state index contributed by atoms with van der Waals surface area (Å²) in [5.74, 6) is 0.282. The van der Waals surface area contributed by atoms with Gasteiger partial charge in [0, 0.05) is 0 Å². The Morgan fingerprint density at radius 2 is 1.69 bits per heavy atom. The van der Waals surface area contributed by atoms with Gasteiger partial charge in [-0.2, -0.15) is 4.68 Å².